The Morgan fingerprint density at radius 3 is 2.59 bits per heavy atom. The molecule has 2 heterocycles. The second-order valence-electron chi connectivity index (χ2n) is 5.31. The number of rotatable bonds is 1. The van der Waals surface area contributed by atoms with Crippen LogP contribution in [0.5, 0.6) is 0 Å². The molecule has 0 radical (unpaired) electrons. The van der Waals surface area contributed by atoms with Gasteiger partial charge in [-0.3, -0.25) is 4.79 Å². The smallest absolute Gasteiger partial charge is 0.332 e. The third kappa shape index (κ3) is 1.70. The van der Waals surface area contributed by atoms with Crippen LogP contribution in [0.2, 0.25) is 0 Å². The average molecular weight is 296 g/mol. The zero-order valence-electron chi connectivity index (χ0n) is 11.8. The van der Waals surface area contributed by atoms with Crippen LogP contribution in [0.3, 0.4) is 0 Å². The fourth-order valence-electron chi connectivity index (χ4n) is 3.05. The molecule has 1 aromatic rings. The van der Waals surface area contributed by atoms with Crippen molar-refractivity contribution in [2.45, 2.75) is 25.5 Å². The molecular weight excluding hydrogens is 284 g/mol. The van der Waals surface area contributed by atoms with E-state index in [1.807, 2.05) is 12.1 Å². The number of urea groups is 1. The van der Waals surface area contributed by atoms with Crippen molar-refractivity contribution in [2.75, 3.05) is 11.4 Å². The molecule has 2 fully saturated rings. The minimum atomic E-state index is -0.865. The highest BCUT2D eigenvalue weighted by Crippen LogP contribution is 2.34. The molecule has 3 amide bonds. The minimum absolute atomic E-state index is 0.146. The lowest BCUT2D eigenvalue weighted by molar-refractivity contribution is -0.121. The van der Waals surface area contributed by atoms with Crippen molar-refractivity contribution in [3.63, 3.8) is 0 Å². The third-order valence-electron chi connectivity index (χ3n) is 4.19. The second-order valence-corrected chi connectivity index (χ2v) is 5.31. The molecule has 2 atom stereocenters. The van der Waals surface area contributed by atoms with Gasteiger partial charge in [-0.1, -0.05) is 0 Å². The van der Waals surface area contributed by atoms with Crippen molar-refractivity contribution >= 4 is 17.6 Å². The first-order valence-corrected chi connectivity index (χ1v) is 6.77. The van der Waals surface area contributed by atoms with Crippen molar-refractivity contribution in [3.8, 4) is 12.1 Å². The number of nitrogens with zero attached hydrogens (tertiary/aromatic N) is 4. The molecule has 1 unspecified atom stereocenters. The van der Waals surface area contributed by atoms with E-state index in [1.165, 1.54) is 17.0 Å². The van der Waals surface area contributed by atoms with Gasteiger partial charge < -0.3 is 10.0 Å². The molecular formula is C15H12N4O3. The average Bonchev–Trinajstić information content (AvgIpc) is 3.00. The Morgan fingerprint density at radius 2 is 2.00 bits per heavy atom. The van der Waals surface area contributed by atoms with Gasteiger partial charge in [0.25, 0.3) is 5.91 Å². The van der Waals surface area contributed by atoms with Crippen molar-refractivity contribution in [3.05, 3.63) is 28.8 Å². The minimum Gasteiger partial charge on any atom is -0.390 e. The number of carbonyl (C=O) groups is 2. The molecule has 2 saturated heterocycles. The van der Waals surface area contributed by atoms with Crippen LogP contribution in [0.1, 0.15) is 23.1 Å². The van der Waals surface area contributed by atoms with Crippen molar-refractivity contribution in [2.24, 2.45) is 0 Å². The normalized spacial score (nSPS) is 23.5. The molecule has 0 spiro atoms. The van der Waals surface area contributed by atoms with Gasteiger partial charge in [0.15, 0.2) is 0 Å². The number of carbonyl (C=O) groups excluding carboxylic acids is 2. The van der Waals surface area contributed by atoms with E-state index < -0.39 is 24.1 Å². The summed E-state index contributed by atoms with van der Waals surface area (Å²) < 4.78 is 0. The molecule has 0 aromatic heterocycles. The summed E-state index contributed by atoms with van der Waals surface area (Å²) in [5.74, 6) is -0.494. The quantitative estimate of drug-likeness (QED) is 0.765. The second kappa shape index (κ2) is 4.83. The van der Waals surface area contributed by atoms with Gasteiger partial charge >= 0.3 is 6.03 Å². The molecule has 110 valence electrons. The molecule has 1 N–H and O–H groups in total. The third-order valence-corrected chi connectivity index (χ3v) is 4.19. The first kappa shape index (κ1) is 14.1. The highest BCUT2D eigenvalue weighted by Gasteiger charge is 2.52. The van der Waals surface area contributed by atoms with Crippen LogP contribution < -0.4 is 4.90 Å². The first-order chi connectivity index (χ1) is 10.5. The fraction of sp³-hybridized carbons (Fsp3) is 0.333. The van der Waals surface area contributed by atoms with Crippen LogP contribution >= 0.6 is 0 Å². The van der Waals surface area contributed by atoms with Crippen LogP contribution in [0.4, 0.5) is 10.5 Å². The number of anilines is 1. The summed E-state index contributed by atoms with van der Waals surface area (Å²) >= 11 is 0. The standard InChI is InChI=1S/C15H12N4O3/c1-8-10(7-17)9(6-16)2-3-11(8)19-14(21)13-12(20)4-5-18(13)15(19)22/h2-3,12-13,20H,4-5H2,1H3/t12?,13-/m0/s1. The Kier molecular flexibility index (Phi) is 3.09. The lowest BCUT2D eigenvalue weighted by Gasteiger charge is -2.18. The van der Waals surface area contributed by atoms with Crippen molar-refractivity contribution < 1.29 is 14.7 Å². The van der Waals surface area contributed by atoms with E-state index in [-0.39, 0.29) is 16.8 Å². The Morgan fingerprint density at radius 1 is 1.27 bits per heavy atom. The number of imide groups is 1. The van der Waals surface area contributed by atoms with Gasteiger partial charge in [-0.05, 0) is 31.0 Å². The monoisotopic (exact) mass is 296 g/mol. The Balaban J connectivity index is 2.10. The van der Waals surface area contributed by atoms with Gasteiger partial charge in [-0.15, -0.1) is 0 Å². The van der Waals surface area contributed by atoms with E-state index in [9.17, 15) is 20.0 Å². The van der Waals surface area contributed by atoms with E-state index in [0.717, 1.165) is 4.90 Å². The number of aliphatic hydroxyl groups is 1. The van der Waals surface area contributed by atoms with Gasteiger partial charge in [-0.25, -0.2) is 9.69 Å². The molecule has 0 bridgehead atoms. The molecule has 22 heavy (non-hydrogen) atoms. The SMILES string of the molecule is Cc1c(N2C(=O)[C@@H]3C(O)CCN3C2=O)ccc(C#N)c1C#N. The largest absolute Gasteiger partial charge is 0.390 e. The summed E-state index contributed by atoms with van der Waals surface area (Å²) in [7, 11) is 0. The summed E-state index contributed by atoms with van der Waals surface area (Å²) in [4.78, 5) is 27.2. The lowest BCUT2D eigenvalue weighted by Crippen LogP contribution is -2.36. The number of aliphatic hydroxyl groups excluding tert-OH is 1. The van der Waals surface area contributed by atoms with Crippen LogP contribution in [0.15, 0.2) is 12.1 Å². The van der Waals surface area contributed by atoms with E-state index in [1.54, 1.807) is 6.92 Å². The van der Waals surface area contributed by atoms with Gasteiger partial charge in [0.05, 0.1) is 22.9 Å². The zero-order valence-corrected chi connectivity index (χ0v) is 11.8. The molecule has 3 rings (SSSR count). The van der Waals surface area contributed by atoms with Crippen LogP contribution in [0, 0.1) is 29.6 Å². The van der Waals surface area contributed by atoms with Crippen LogP contribution in [-0.2, 0) is 4.79 Å². The Bertz CT molecular complexity index is 774. The predicted octanol–water partition coefficient (Wildman–Crippen LogP) is 0.640. The molecule has 7 heteroatoms. The molecule has 2 aliphatic rings. The maximum atomic E-state index is 12.5. The summed E-state index contributed by atoms with van der Waals surface area (Å²) in [6, 6.07) is 5.40. The van der Waals surface area contributed by atoms with E-state index in [4.69, 9.17) is 5.26 Å². The lowest BCUT2D eigenvalue weighted by atomic mass is 10.0. The van der Waals surface area contributed by atoms with Crippen LogP contribution in [-0.4, -0.2) is 40.6 Å². The van der Waals surface area contributed by atoms with Gasteiger partial charge in [-0.2, -0.15) is 10.5 Å². The maximum Gasteiger partial charge on any atom is 0.332 e. The number of hydrogen-bond acceptors (Lipinski definition) is 5. The summed E-state index contributed by atoms with van der Waals surface area (Å²) in [6.45, 7) is 1.92. The number of amides is 3. The van der Waals surface area contributed by atoms with E-state index in [0.29, 0.717) is 18.5 Å². The first-order valence-electron chi connectivity index (χ1n) is 6.77. The summed E-state index contributed by atoms with van der Waals surface area (Å²) in [5, 5.41) is 28.1. The molecule has 2 aliphatic heterocycles. The fourth-order valence-corrected chi connectivity index (χ4v) is 3.05. The van der Waals surface area contributed by atoms with E-state index in [2.05, 4.69) is 0 Å². The number of nitriles is 2. The van der Waals surface area contributed by atoms with Gasteiger partial charge in [0.1, 0.15) is 18.2 Å². The van der Waals surface area contributed by atoms with Gasteiger partial charge in [0.2, 0.25) is 0 Å². The number of benzene rings is 1. The van der Waals surface area contributed by atoms with Crippen molar-refractivity contribution in [1.29, 1.82) is 10.5 Å². The molecule has 7 nitrogen and oxygen atoms in total. The Labute approximate surface area is 126 Å². The van der Waals surface area contributed by atoms with Gasteiger partial charge in [0, 0.05) is 6.54 Å². The van der Waals surface area contributed by atoms with Crippen LogP contribution in [0.25, 0.3) is 0 Å². The topological polar surface area (TPSA) is 108 Å². The zero-order chi connectivity index (χ0) is 16.0. The Hall–Kier alpha value is -2.90. The molecule has 1 aromatic carbocycles. The number of hydrogen-bond donors (Lipinski definition) is 1. The molecule has 0 saturated carbocycles. The predicted molar refractivity (Wildman–Crippen MR) is 74.6 cm³/mol. The maximum absolute atomic E-state index is 12.5. The van der Waals surface area contributed by atoms with E-state index >= 15 is 0 Å². The molecule has 0 aliphatic carbocycles. The number of fused-ring (bicyclic) bond motifs is 1. The summed E-state index contributed by atoms with van der Waals surface area (Å²) in [6.07, 6.45) is -0.484. The highest BCUT2D eigenvalue weighted by atomic mass is 16.3. The highest BCUT2D eigenvalue weighted by molar-refractivity contribution is 6.22. The van der Waals surface area contributed by atoms with Crippen molar-refractivity contribution in [1.82, 2.24) is 4.90 Å². The summed E-state index contributed by atoms with van der Waals surface area (Å²) in [5.41, 5.74) is 1.03.